The Labute approximate surface area is 82.7 Å². The third-order valence-electron chi connectivity index (χ3n) is 1.93. The number of nitrogens with zero attached hydrogens (tertiary/aromatic N) is 1. The first-order valence-corrected chi connectivity index (χ1v) is 5.67. The second-order valence-corrected chi connectivity index (χ2v) is 4.01. The van der Waals surface area contributed by atoms with E-state index in [1.54, 1.807) is 0 Å². The molecule has 13 heavy (non-hydrogen) atoms. The molecule has 1 aliphatic rings. The predicted octanol–water partition coefficient (Wildman–Crippen LogP) is -0.856. The number of thioether (sulfide) groups is 1. The Morgan fingerprint density at radius 1 is 1.46 bits per heavy atom. The van der Waals surface area contributed by atoms with Crippen molar-refractivity contribution in [2.75, 3.05) is 44.3 Å². The van der Waals surface area contributed by atoms with Crippen molar-refractivity contribution in [3.63, 3.8) is 0 Å². The SMILES string of the molecule is O=C(CSCCO)N1CCNCC1. The molecule has 0 aromatic heterocycles. The summed E-state index contributed by atoms with van der Waals surface area (Å²) in [5.74, 6) is 1.35. The molecule has 76 valence electrons. The number of piperazine rings is 1. The Morgan fingerprint density at radius 2 is 2.15 bits per heavy atom. The van der Waals surface area contributed by atoms with Gasteiger partial charge in [-0.15, -0.1) is 11.8 Å². The monoisotopic (exact) mass is 204 g/mol. The summed E-state index contributed by atoms with van der Waals surface area (Å²) in [6, 6.07) is 0. The number of carbonyl (C=O) groups excluding carboxylic acids is 1. The molecule has 0 atom stereocenters. The third-order valence-corrected chi connectivity index (χ3v) is 2.85. The van der Waals surface area contributed by atoms with E-state index in [0.717, 1.165) is 26.2 Å². The van der Waals surface area contributed by atoms with Gasteiger partial charge in [0.1, 0.15) is 0 Å². The Kier molecular flexibility index (Phi) is 5.19. The van der Waals surface area contributed by atoms with Gasteiger partial charge in [0.05, 0.1) is 12.4 Å². The number of carbonyl (C=O) groups is 1. The highest BCUT2D eigenvalue weighted by Crippen LogP contribution is 2.02. The minimum absolute atomic E-state index is 0.152. The smallest absolute Gasteiger partial charge is 0.232 e. The number of hydrogen-bond acceptors (Lipinski definition) is 4. The minimum atomic E-state index is 0.152. The molecule has 0 aliphatic carbocycles. The van der Waals surface area contributed by atoms with E-state index in [2.05, 4.69) is 5.32 Å². The molecule has 0 aromatic rings. The van der Waals surface area contributed by atoms with Crippen LogP contribution in [-0.4, -0.2) is 60.2 Å². The lowest BCUT2D eigenvalue weighted by molar-refractivity contribution is -0.128. The highest BCUT2D eigenvalue weighted by atomic mass is 32.2. The van der Waals surface area contributed by atoms with Crippen LogP contribution >= 0.6 is 11.8 Å². The summed E-state index contributed by atoms with van der Waals surface area (Å²) in [4.78, 5) is 13.3. The van der Waals surface area contributed by atoms with Crippen molar-refractivity contribution in [3.8, 4) is 0 Å². The Bertz CT molecular complexity index is 160. The first kappa shape index (κ1) is 10.8. The number of aliphatic hydroxyl groups excluding tert-OH is 1. The number of nitrogens with one attached hydrogen (secondary N) is 1. The average Bonchev–Trinajstić information content (AvgIpc) is 2.19. The molecule has 5 heteroatoms. The van der Waals surface area contributed by atoms with Gasteiger partial charge in [0.25, 0.3) is 0 Å². The maximum atomic E-state index is 11.5. The molecule has 1 aliphatic heterocycles. The van der Waals surface area contributed by atoms with Gasteiger partial charge >= 0.3 is 0 Å². The van der Waals surface area contributed by atoms with E-state index < -0.39 is 0 Å². The van der Waals surface area contributed by atoms with Crippen LogP contribution in [0.5, 0.6) is 0 Å². The molecule has 0 unspecified atom stereocenters. The van der Waals surface area contributed by atoms with Crippen molar-refractivity contribution in [1.82, 2.24) is 10.2 Å². The normalized spacial score (nSPS) is 17.5. The lowest BCUT2D eigenvalue weighted by Crippen LogP contribution is -2.47. The fraction of sp³-hybridized carbons (Fsp3) is 0.875. The summed E-state index contributed by atoms with van der Waals surface area (Å²) in [5.41, 5.74) is 0. The van der Waals surface area contributed by atoms with Gasteiger partial charge in [-0.25, -0.2) is 0 Å². The van der Waals surface area contributed by atoms with E-state index in [1.807, 2.05) is 4.90 Å². The number of rotatable bonds is 4. The fourth-order valence-corrected chi connectivity index (χ4v) is 1.86. The summed E-state index contributed by atoms with van der Waals surface area (Å²) in [7, 11) is 0. The van der Waals surface area contributed by atoms with Crippen LogP contribution in [-0.2, 0) is 4.79 Å². The highest BCUT2D eigenvalue weighted by Gasteiger charge is 2.15. The highest BCUT2D eigenvalue weighted by molar-refractivity contribution is 7.99. The summed E-state index contributed by atoms with van der Waals surface area (Å²) in [6.07, 6.45) is 0. The molecule has 1 rings (SSSR count). The average molecular weight is 204 g/mol. The van der Waals surface area contributed by atoms with Gasteiger partial charge in [0.2, 0.25) is 5.91 Å². The second kappa shape index (κ2) is 6.23. The van der Waals surface area contributed by atoms with Crippen LogP contribution in [0.15, 0.2) is 0 Å². The van der Waals surface area contributed by atoms with Gasteiger partial charge in [0.15, 0.2) is 0 Å². The van der Waals surface area contributed by atoms with Gasteiger partial charge in [-0.2, -0.15) is 0 Å². The fourth-order valence-electron chi connectivity index (χ4n) is 1.23. The molecular formula is C8H16N2O2S. The van der Waals surface area contributed by atoms with Crippen LogP contribution in [0, 0.1) is 0 Å². The van der Waals surface area contributed by atoms with E-state index in [-0.39, 0.29) is 12.5 Å². The van der Waals surface area contributed by atoms with Crippen LogP contribution in [0.1, 0.15) is 0 Å². The Morgan fingerprint density at radius 3 is 2.77 bits per heavy atom. The van der Waals surface area contributed by atoms with Crippen LogP contribution in [0.4, 0.5) is 0 Å². The van der Waals surface area contributed by atoms with Crippen LogP contribution in [0.25, 0.3) is 0 Å². The van der Waals surface area contributed by atoms with Gasteiger partial charge in [0, 0.05) is 31.9 Å². The molecule has 4 nitrogen and oxygen atoms in total. The quantitative estimate of drug-likeness (QED) is 0.585. The van der Waals surface area contributed by atoms with E-state index >= 15 is 0 Å². The van der Waals surface area contributed by atoms with Crippen molar-refractivity contribution >= 4 is 17.7 Å². The van der Waals surface area contributed by atoms with Gasteiger partial charge in [-0.3, -0.25) is 4.79 Å². The maximum Gasteiger partial charge on any atom is 0.232 e. The zero-order chi connectivity index (χ0) is 9.52. The zero-order valence-electron chi connectivity index (χ0n) is 7.66. The molecule has 0 bridgehead atoms. The predicted molar refractivity (Wildman–Crippen MR) is 53.9 cm³/mol. The molecule has 1 amide bonds. The third kappa shape index (κ3) is 3.97. The largest absolute Gasteiger partial charge is 0.396 e. The van der Waals surface area contributed by atoms with Crippen LogP contribution < -0.4 is 5.32 Å². The van der Waals surface area contributed by atoms with E-state index in [4.69, 9.17) is 5.11 Å². The molecule has 0 spiro atoms. The molecule has 0 aromatic carbocycles. The lowest BCUT2D eigenvalue weighted by Gasteiger charge is -2.27. The van der Waals surface area contributed by atoms with Crippen molar-refractivity contribution in [1.29, 1.82) is 0 Å². The summed E-state index contributed by atoms with van der Waals surface area (Å²) >= 11 is 1.49. The minimum Gasteiger partial charge on any atom is -0.396 e. The summed E-state index contributed by atoms with van der Waals surface area (Å²) in [6.45, 7) is 3.59. The summed E-state index contributed by atoms with van der Waals surface area (Å²) < 4.78 is 0. The molecule has 1 saturated heterocycles. The molecular weight excluding hydrogens is 188 g/mol. The molecule has 1 fully saturated rings. The van der Waals surface area contributed by atoms with Gasteiger partial charge in [-0.05, 0) is 0 Å². The second-order valence-electron chi connectivity index (χ2n) is 2.91. The topological polar surface area (TPSA) is 52.6 Å². The van der Waals surface area contributed by atoms with Crippen molar-refractivity contribution in [2.24, 2.45) is 0 Å². The first-order valence-electron chi connectivity index (χ1n) is 4.51. The van der Waals surface area contributed by atoms with E-state index in [0.29, 0.717) is 11.5 Å². The first-order chi connectivity index (χ1) is 6.34. The van der Waals surface area contributed by atoms with Crippen LogP contribution in [0.2, 0.25) is 0 Å². The molecule has 0 radical (unpaired) electrons. The summed E-state index contributed by atoms with van der Waals surface area (Å²) in [5, 5.41) is 11.7. The standard InChI is InChI=1S/C8H16N2O2S/c11-5-6-13-7-8(12)10-3-1-9-2-4-10/h9,11H,1-7H2. The van der Waals surface area contributed by atoms with Crippen LogP contribution in [0.3, 0.4) is 0 Å². The Hall–Kier alpha value is -0.260. The molecule has 1 heterocycles. The van der Waals surface area contributed by atoms with E-state index in [1.165, 1.54) is 11.8 Å². The zero-order valence-corrected chi connectivity index (χ0v) is 8.48. The van der Waals surface area contributed by atoms with Crippen molar-refractivity contribution in [2.45, 2.75) is 0 Å². The number of hydrogen-bond donors (Lipinski definition) is 2. The van der Waals surface area contributed by atoms with Crippen molar-refractivity contribution < 1.29 is 9.90 Å². The molecule has 0 saturated carbocycles. The molecule has 2 N–H and O–H groups in total. The number of amides is 1. The lowest BCUT2D eigenvalue weighted by atomic mass is 10.3. The van der Waals surface area contributed by atoms with E-state index in [9.17, 15) is 4.79 Å². The van der Waals surface area contributed by atoms with Gasteiger partial charge < -0.3 is 15.3 Å². The number of aliphatic hydroxyl groups is 1. The Balaban J connectivity index is 2.13. The maximum absolute atomic E-state index is 11.5. The van der Waals surface area contributed by atoms with Crippen molar-refractivity contribution in [3.05, 3.63) is 0 Å². The van der Waals surface area contributed by atoms with Gasteiger partial charge in [-0.1, -0.05) is 0 Å².